The predicted octanol–water partition coefficient (Wildman–Crippen LogP) is 1.12. The first-order valence-corrected chi connectivity index (χ1v) is 10.8. The number of hydrogen-bond donors (Lipinski definition) is 1. The van der Waals surface area contributed by atoms with Gasteiger partial charge < -0.3 is 10.2 Å². The maximum Gasteiger partial charge on any atom is 0.164 e. The van der Waals surface area contributed by atoms with E-state index in [-0.39, 0.29) is 0 Å². The van der Waals surface area contributed by atoms with Gasteiger partial charge in [-0.15, -0.1) is 0 Å². The smallest absolute Gasteiger partial charge is 0.164 e. The summed E-state index contributed by atoms with van der Waals surface area (Å²) in [5, 5.41) is 0. The van der Waals surface area contributed by atoms with Crippen molar-refractivity contribution in [3.63, 3.8) is 0 Å². The molecule has 1 unspecified atom stereocenters. The molecule has 0 aliphatic heterocycles. The third-order valence-corrected chi connectivity index (χ3v) is 12.7. The van der Waals surface area contributed by atoms with Crippen LogP contribution in [-0.2, 0) is 4.43 Å². The molecule has 0 aromatic rings. The molecule has 0 spiro atoms. The second-order valence-electron chi connectivity index (χ2n) is 4.02. The monoisotopic (exact) mass is 191 g/mol. The molecule has 0 aromatic heterocycles. The van der Waals surface area contributed by atoms with Gasteiger partial charge in [-0.3, -0.25) is 0 Å². The molecule has 4 heteroatoms. The van der Waals surface area contributed by atoms with Gasteiger partial charge in [-0.05, 0) is 19.0 Å². The molecule has 11 heavy (non-hydrogen) atoms. The average Bonchev–Trinajstić information content (AvgIpc) is 1.87. The summed E-state index contributed by atoms with van der Waals surface area (Å²) in [6.45, 7) is 8.00. The standard InChI is InChI=1S/C7H21NOSi2/c1-9-10(7-5-6-8)11(2,3)4/h10H,5-8H2,1-4H3. The van der Waals surface area contributed by atoms with Crippen LogP contribution >= 0.6 is 0 Å². The van der Waals surface area contributed by atoms with Crippen LogP contribution < -0.4 is 5.73 Å². The summed E-state index contributed by atoms with van der Waals surface area (Å²) in [7, 11) is 0.0440. The van der Waals surface area contributed by atoms with Crippen LogP contribution in [0.2, 0.25) is 25.7 Å². The van der Waals surface area contributed by atoms with E-state index in [4.69, 9.17) is 10.2 Å². The Bertz CT molecular complexity index is 103. The Hall–Kier alpha value is 0.354. The highest BCUT2D eigenvalue weighted by Gasteiger charge is 2.27. The lowest BCUT2D eigenvalue weighted by molar-refractivity contribution is 0.430. The van der Waals surface area contributed by atoms with E-state index in [1.807, 2.05) is 7.11 Å². The lowest BCUT2D eigenvalue weighted by Crippen LogP contribution is -2.44. The van der Waals surface area contributed by atoms with Gasteiger partial charge in [0.05, 0.1) is 7.59 Å². The largest absolute Gasteiger partial charge is 0.427 e. The van der Waals surface area contributed by atoms with E-state index in [2.05, 4.69) is 19.6 Å². The van der Waals surface area contributed by atoms with Crippen LogP contribution in [0.15, 0.2) is 0 Å². The van der Waals surface area contributed by atoms with Gasteiger partial charge in [0.25, 0.3) is 0 Å². The molecule has 0 saturated carbocycles. The fourth-order valence-corrected chi connectivity index (χ4v) is 8.95. The second-order valence-corrected chi connectivity index (χ2v) is 17.9. The van der Waals surface area contributed by atoms with Gasteiger partial charge in [-0.2, -0.15) is 0 Å². The van der Waals surface area contributed by atoms with Crippen molar-refractivity contribution < 1.29 is 4.43 Å². The first kappa shape index (κ1) is 11.4. The lowest BCUT2D eigenvalue weighted by atomic mass is 10.5. The zero-order chi connectivity index (χ0) is 8.91. The normalized spacial score (nSPS) is 15.0. The summed E-state index contributed by atoms with van der Waals surface area (Å²) >= 11 is 0. The van der Waals surface area contributed by atoms with E-state index in [1.165, 1.54) is 6.04 Å². The molecule has 0 rings (SSSR count). The third-order valence-electron chi connectivity index (χ3n) is 1.92. The lowest BCUT2D eigenvalue weighted by Gasteiger charge is -2.25. The fourth-order valence-electron chi connectivity index (χ4n) is 1.21. The SMILES string of the molecule is CO[SiH](CCCN)[Si](C)(C)C. The van der Waals surface area contributed by atoms with Crippen molar-refractivity contribution in [2.24, 2.45) is 5.73 Å². The molecule has 0 aromatic carbocycles. The van der Waals surface area contributed by atoms with E-state index < -0.39 is 16.1 Å². The van der Waals surface area contributed by atoms with Gasteiger partial charge in [0.1, 0.15) is 0 Å². The molecule has 0 bridgehead atoms. The van der Waals surface area contributed by atoms with Crippen molar-refractivity contribution >= 4 is 16.1 Å². The van der Waals surface area contributed by atoms with Crippen molar-refractivity contribution in [2.75, 3.05) is 13.7 Å². The van der Waals surface area contributed by atoms with E-state index in [9.17, 15) is 0 Å². The zero-order valence-electron chi connectivity index (χ0n) is 8.18. The van der Waals surface area contributed by atoms with Crippen LogP contribution in [0.3, 0.4) is 0 Å². The minimum atomic E-state index is -0.963. The molecule has 0 saturated heterocycles. The van der Waals surface area contributed by atoms with Gasteiger partial charge in [-0.25, -0.2) is 0 Å². The minimum Gasteiger partial charge on any atom is -0.427 e. The van der Waals surface area contributed by atoms with Crippen molar-refractivity contribution in [1.82, 2.24) is 0 Å². The Morgan fingerprint density at radius 2 is 1.91 bits per heavy atom. The number of rotatable bonds is 5. The molecule has 0 fully saturated rings. The molecule has 0 aliphatic rings. The zero-order valence-corrected chi connectivity index (χ0v) is 10.3. The maximum atomic E-state index is 5.56. The Labute approximate surface area is 72.7 Å². The fraction of sp³-hybridized carbons (Fsp3) is 1.00. The van der Waals surface area contributed by atoms with Gasteiger partial charge in [-0.1, -0.05) is 19.6 Å². The summed E-state index contributed by atoms with van der Waals surface area (Å²) < 4.78 is 5.56. The minimum absolute atomic E-state index is 0.817. The summed E-state index contributed by atoms with van der Waals surface area (Å²) in [6, 6.07) is 1.27. The molecule has 0 radical (unpaired) electrons. The van der Waals surface area contributed by atoms with Gasteiger partial charge in [0, 0.05) is 7.11 Å². The third kappa shape index (κ3) is 4.73. The molecule has 0 heterocycles. The van der Waals surface area contributed by atoms with Gasteiger partial charge in [0.15, 0.2) is 8.56 Å². The van der Waals surface area contributed by atoms with Crippen molar-refractivity contribution in [2.45, 2.75) is 32.1 Å². The molecule has 2 nitrogen and oxygen atoms in total. The van der Waals surface area contributed by atoms with Crippen LogP contribution in [0.5, 0.6) is 0 Å². The Kier molecular flexibility index (Phi) is 5.24. The molecule has 0 amide bonds. The first-order chi connectivity index (χ1) is 5.02. The molecule has 0 aliphatic carbocycles. The molecular formula is C7H21NOSi2. The van der Waals surface area contributed by atoms with Gasteiger partial charge >= 0.3 is 0 Å². The predicted molar refractivity (Wildman–Crippen MR) is 56.0 cm³/mol. The molecule has 2 N–H and O–H groups in total. The Balaban J connectivity index is 3.76. The Morgan fingerprint density at radius 1 is 1.36 bits per heavy atom. The van der Waals surface area contributed by atoms with Crippen LogP contribution in [0.25, 0.3) is 0 Å². The number of hydrogen-bond acceptors (Lipinski definition) is 2. The first-order valence-electron chi connectivity index (χ1n) is 4.25. The molecule has 68 valence electrons. The summed E-state index contributed by atoms with van der Waals surface area (Å²) in [5.41, 5.74) is 5.46. The quantitative estimate of drug-likeness (QED) is 0.661. The summed E-state index contributed by atoms with van der Waals surface area (Å²) in [5.74, 6) is 0. The van der Waals surface area contributed by atoms with Crippen LogP contribution in [0, 0.1) is 0 Å². The average molecular weight is 191 g/mol. The van der Waals surface area contributed by atoms with E-state index in [0.717, 1.165) is 13.0 Å². The second kappa shape index (κ2) is 5.08. The van der Waals surface area contributed by atoms with E-state index in [1.54, 1.807) is 0 Å². The number of nitrogens with two attached hydrogens (primary N) is 1. The van der Waals surface area contributed by atoms with Crippen molar-refractivity contribution in [3.8, 4) is 0 Å². The summed E-state index contributed by atoms with van der Waals surface area (Å²) in [6.07, 6.45) is 1.15. The Morgan fingerprint density at radius 3 is 2.18 bits per heavy atom. The van der Waals surface area contributed by atoms with Gasteiger partial charge in [0.2, 0.25) is 0 Å². The maximum absolute atomic E-state index is 5.56. The highest BCUT2D eigenvalue weighted by atomic mass is 29.2. The van der Waals surface area contributed by atoms with Crippen molar-refractivity contribution in [3.05, 3.63) is 0 Å². The van der Waals surface area contributed by atoms with Crippen molar-refractivity contribution in [1.29, 1.82) is 0 Å². The van der Waals surface area contributed by atoms with E-state index in [0.29, 0.717) is 0 Å². The molecular weight excluding hydrogens is 170 g/mol. The summed E-state index contributed by atoms with van der Waals surface area (Å²) in [4.78, 5) is 0. The topological polar surface area (TPSA) is 35.2 Å². The van der Waals surface area contributed by atoms with Crippen LogP contribution in [0.4, 0.5) is 0 Å². The van der Waals surface area contributed by atoms with Crippen LogP contribution in [0.1, 0.15) is 6.42 Å². The molecule has 1 atom stereocenters. The highest BCUT2D eigenvalue weighted by molar-refractivity contribution is 7.29. The van der Waals surface area contributed by atoms with Crippen LogP contribution in [-0.4, -0.2) is 29.8 Å². The van der Waals surface area contributed by atoms with E-state index >= 15 is 0 Å². The highest BCUT2D eigenvalue weighted by Crippen LogP contribution is 2.12.